The Kier molecular flexibility index (Phi) is 6.39. The van der Waals surface area contributed by atoms with Crippen LogP contribution in [0.15, 0.2) is 137 Å². The second kappa shape index (κ2) is 10.2. The van der Waals surface area contributed by atoms with E-state index in [0.29, 0.717) is 6.42 Å². The van der Waals surface area contributed by atoms with Gasteiger partial charge in [-0.2, -0.15) is 8.42 Å². The van der Waals surface area contributed by atoms with E-state index >= 15 is 0 Å². The first-order valence-corrected chi connectivity index (χ1v) is 13.9. The van der Waals surface area contributed by atoms with E-state index in [1.54, 1.807) is 12.1 Å². The van der Waals surface area contributed by atoms with Crippen molar-refractivity contribution in [2.24, 2.45) is 0 Å². The quantitative estimate of drug-likeness (QED) is 0.212. The average Bonchev–Trinajstić information content (AvgIpc) is 3.32. The van der Waals surface area contributed by atoms with Gasteiger partial charge in [0.15, 0.2) is 0 Å². The Morgan fingerprint density at radius 2 is 1.31 bits per heavy atom. The summed E-state index contributed by atoms with van der Waals surface area (Å²) in [5.74, 6) is 0.966. The zero-order chi connectivity index (χ0) is 26.8. The van der Waals surface area contributed by atoms with Gasteiger partial charge in [-0.3, -0.25) is 0 Å². The lowest BCUT2D eigenvalue weighted by molar-refractivity contribution is 0.467. The summed E-state index contributed by atoms with van der Waals surface area (Å²) in [4.78, 5) is -0.111. The van der Waals surface area contributed by atoms with Crippen molar-refractivity contribution >= 4 is 21.1 Å². The van der Waals surface area contributed by atoms with Gasteiger partial charge >= 0.3 is 10.1 Å². The minimum Gasteiger partial charge on any atom is -0.508 e. The first kappa shape index (κ1) is 24.5. The molecule has 0 unspecified atom stereocenters. The van der Waals surface area contributed by atoms with Crippen molar-refractivity contribution in [2.45, 2.75) is 11.3 Å². The summed E-state index contributed by atoms with van der Waals surface area (Å²) in [5, 5.41) is 10.7. The highest BCUT2D eigenvalue weighted by Gasteiger charge is 2.18. The molecule has 1 aromatic heterocycles. The summed E-state index contributed by atoms with van der Waals surface area (Å²) in [6, 6.07) is 38.8. The highest BCUT2D eigenvalue weighted by molar-refractivity contribution is 7.87. The molecule has 0 atom stereocenters. The van der Waals surface area contributed by atoms with Gasteiger partial charge < -0.3 is 13.7 Å². The molecule has 1 heterocycles. The Bertz CT molecular complexity index is 1850. The third-order valence-corrected chi connectivity index (χ3v) is 7.79. The van der Waals surface area contributed by atoms with Gasteiger partial charge in [0, 0.05) is 23.4 Å². The standard InChI is InChI=1S/C33H24O5S/c34-27-9-6-10-29(22-27)39(35,36)38-28-19-17-25(18-20-28)24-13-15-26(16-14-24)33-30-11-4-5-12-31(30)37-32(33)21-23-7-2-1-3-8-23/h1-20,22,34H,21H2. The van der Waals surface area contributed by atoms with Crippen molar-refractivity contribution in [3.63, 3.8) is 0 Å². The third kappa shape index (κ3) is 5.15. The minimum atomic E-state index is -4.06. The van der Waals surface area contributed by atoms with Gasteiger partial charge in [0.2, 0.25) is 0 Å². The molecule has 1 N–H and O–H groups in total. The Balaban J connectivity index is 1.26. The number of rotatable bonds is 7. The molecule has 0 saturated heterocycles. The van der Waals surface area contributed by atoms with Crippen LogP contribution < -0.4 is 4.18 Å². The molecule has 6 rings (SSSR count). The van der Waals surface area contributed by atoms with Crippen molar-refractivity contribution < 1.29 is 22.1 Å². The average molecular weight is 533 g/mol. The maximum Gasteiger partial charge on any atom is 0.339 e. The van der Waals surface area contributed by atoms with Gasteiger partial charge in [-0.05, 0) is 52.6 Å². The summed E-state index contributed by atoms with van der Waals surface area (Å²) in [6.45, 7) is 0. The van der Waals surface area contributed by atoms with Gasteiger partial charge in [0.25, 0.3) is 0 Å². The van der Waals surface area contributed by atoms with Gasteiger partial charge in [-0.25, -0.2) is 0 Å². The van der Waals surface area contributed by atoms with Gasteiger partial charge in [0.05, 0.1) is 0 Å². The second-order valence-electron chi connectivity index (χ2n) is 9.20. The van der Waals surface area contributed by atoms with E-state index in [-0.39, 0.29) is 16.4 Å². The van der Waals surface area contributed by atoms with Crippen LogP contribution in [0, 0.1) is 0 Å². The van der Waals surface area contributed by atoms with Crippen molar-refractivity contribution in [1.29, 1.82) is 0 Å². The van der Waals surface area contributed by atoms with Crippen LogP contribution in [0.25, 0.3) is 33.2 Å². The monoisotopic (exact) mass is 532 g/mol. The van der Waals surface area contributed by atoms with Crippen LogP contribution in [-0.2, 0) is 16.5 Å². The molecule has 0 saturated carbocycles. The zero-order valence-electron chi connectivity index (χ0n) is 20.8. The van der Waals surface area contributed by atoms with Crippen LogP contribution in [0.3, 0.4) is 0 Å². The molecular weight excluding hydrogens is 508 g/mol. The Morgan fingerprint density at radius 3 is 2.03 bits per heavy atom. The smallest absolute Gasteiger partial charge is 0.339 e. The molecule has 192 valence electrons. The van der Waals surface area contributed by atoms with E-state index in [9.17, 15) is 13.5 Å². The largest absolute Gasteiger partial charge is 0.508 e. The number of hydrogen-bond acceptors (Lipinski definition) is 5. The summed E-state index contributed by atoms with van der Waals surface area (Å²) >= 11 is 0. The number of benzene rings is 5. The molecule has 0 aliphatic heterocycles. The maximum absolute atomic E-state index is 12.6. The molecule has 5 aromatic carbocycles. The summed E-state index contributed by atoms with van der Waals surface area (Å²) in [6.07, 6.45) is 0.694. The number of furan rings is 1. The van der Waals surface area contributed by atoms with E-state index in [2.05, 4.69) is 30.3 Å². The lowest BCUT2D eigenvalue weighted by atomic mass is 9.96. The van der Waals surface area contributed by atoms with Crippen molar-refractivity contribution in [3.05, 3.63) is 139 Å². The van der Waals surface area contributed by atoms with Gasteiger partial charge in [-0.1, -0.05) is 91.0 Å². The minimum absolute atomic E-state index is 0.111. The predicted octanol–water partition coefficient (Wildman–Crippen LogP) is 7.83. The highest BCUT2D eigenvalue weighted by atomic mass is 32.2. The van der Waals surface area contributed by atoms with Crippen LogP contribution in [-0.4, -0.2) is 13.5 Å². The van der Waals surface area contributed by atoms with Crippen molar-refractivity contribution in [1.82, 2.24) is 0 Å². The zero-order valence-corrected chi connectivity index (χ0v) is 21.6. The molecule has 0 amide bonds. The lowest BCUT2D eigenvalue weighted by Gasteiger charge is -2.09. The molecule has 5 nitrogen and oxygen atoms in total. The molecule has 0 radical (unpaired) electrons. The number of phenolic OH excluding ortho intramolecular Hbond substituents is 1. The third-order valence-electron chi connectivity index (χ3n) is 6.55. The molecule has 0 bridgehead atoms. The highest BCUT2D eigenvalue weighted by Crippen LogP contribution is 2.37. The normalized spacial score (nSPS) is 11.5. The molecule has 0 aliphatic rings. The van der Waals surface area contributed by atoms with Crippen LogP contribution in [0.5, 0.6) is 11.5 Å². The van der Waals surface area contributed by atoms with E-state index in [1.807, 2.05) is 60.7 Å². The first-order chi connectivity index (χ1) is 19.0. The van der Waals surface area contributed by atoms with Crippen LogP contribution >= 0.6 is 0 Å². The first-order valence-electron chi connectivity index (χ1n) is 12.4. The number of aromatic hydroxyl groups is 1. The fourth-order valence-corrected chi connectivity index (χ4v) is 5.64. The Hall–Kier alpha value is -4.81. The Morgan fingerprint density at radius 1 is 0.667 bits per heavy atom. The SMILES string of the molecule is O=S(=O)(Oc1ccc(-c2ccc(-c3c(Cc4ccccc4)oc4ccccc34)cc2)cc1)c1cccc(O)c1. The molecular formula is C33H24O5S. The maximum atomic E-state index is 12.6. The summed E-state index contributed by atoms with van der Waals surface area (Å²) in [5.41, 5.74) is 6.10. The number of phenols is 1. The van der Waals surface area contributed by atoms with E-state index in [1.165, 1.54) is 23.8 Å². The Labute approximate surface area is 226 Å². The van der Waals surface area contributed by atoms with Crippen molar-refractivity contribution in [2.75, 3.05) is 0 Å². The second-order valence-corrected chi connectivity index (χ2v) is 10.7. The fraction of sp³-hybridized carbons (Fsp3) is 0.0303. The molecule has 6 heteroatoms. The number of hydrogen-bond donors (Lipinski definition) is 1. The molecule has 0 fully saturated rings. The fourth-order valence-electron chi connectivity index (χ4n) is 4.66. The number of para-hydroxylation sites is 1. The van der Waals surface area contributed by atoms with E-state index in [4.69, 9.17) is 8.60 Å². The molecule has 6 aromatic rings. The molecule has 0 aliphatic carbocycles. The topological polar surface area (TPSA) is 76.7 Å². The van der Waals surface area contributed by atoms with Crippen molar-refractivity contribution in [3.8, 4) is 33.8 Å². The van der Waals surface area contributed by atoms with Crippen LogP contribution in [0.1, 0.15) is 11.3 Å². The van der Waals surface area contributed by atoms with Gasteiger partial charge in [-0.15, -0.1) is 0 Å². The van der Waals surface area contributed by atoms with E-state index in [0.717, 1.165) is 45.0 Å². The van der Waals surface area contributed by atoms with E-state index < -0.39 is 10.1 Å². The van der Waals surface area contributed by atoms with Gasteiger partial charge in [0.1, 0.15) is 27.7 Å². The molecule has 0 spiro atoms. The molecule has 39 heavy (non-hydrogen) atoms. The van der Waals surface area contributed by atoms with Crippen LogP contribution in [0.4, 0.5) is 0 Å². The summed E-state index contributed by atoms with van der Waals surface area (Å²) < 4.78 is 36.6. The predicted molar refractivity (Wildman–Crippen MR) is 152 cm³/mol. The lowest BCUT2D eigenvalue weighted by Crippen LogP contribution is -2.09. The summed E-state index contributed by atoms with van der Waals surface area (Å²) in [7, 11) is -4.06. The van der Waals surface area contributed by atoms with Crippen LogP contribution in [0.2, 0.25) is 0 Å². The number of fused-ring (bicyclic) bond motifs is 1.